The first-order valence-electron chi connectivity index (χ1n) is 10.7. The highest BCUT2D eigenvalue weighted by Gasteiger charge is 2.64. The zero-order valence-corrected chi connectivity index (χ0v) is 20.3. The van der Waals surface area contributed by atoms with Gasteiger partial charge in [0, 0.05) is 23.8 Å². The first kappa shape index (κ1) is 25.2. The molecule has 186 valence electrons. The third kappa shape index (κ3) is 3.46. The van der Waals surface area contributed by atoms with E-state index in [1.165, 1.54) is 0 Å². The Bertz CT molecular complexity index is 1250. The van der Waals surface area contributed by atoms with Crippen molar-refractivity contribution in [2.45, 2.75) is 42.8 Å². The van der Waals surface area contributed by atoms with E-state index in [-0.39, 0.29) is 14.8 Å². The number of aliphatic hydroxyl groups is 4. The van der Waals surface area contributed by atoms with Crippen molar-refractivity contribution in [3.63, 3.8) is 0 Å². The highest BCUT2D eigenvalue weighted by molar-refractivity contribution is 8.22. The molecule has 3 aliphatic rings. The molecule has 1 aromatic rings. The summed E-state index contributed by atoms with van der Waals surface area (Å²) in [7, 11) is 0. The minimum Gasteiger partial charge on any atom is -0.508 e. The summed E-state index contributed by atoms with van der Waals surface area (Å²) in [6.07, 6.45) is -2.19. The van der Waals surface area contributed by atoms with Gasteiger partial charge in [-0.2, -0.15) is 0 Å². The molecule has 2 unspecified atom stereocenters. The summed E-state index contributed by atoms with van der Waals surface area (Å²) < 4.78 is 5.35. The molecule has 0 aromatic heterocycles. The summed E-state index contributed by atoms with van der Waals surface area (Å²) in [4.78, 5) is 38.0. The lowest BCUT2D eigenvalue weighted by molar-refractivity contribution is -0.160. The number of rotatable bonds is 3. The molecule has 0 spiro atoms. The maximum atomic E-state index is 13.6. The molecule has 12 heteroatoms. The van der Waals surface area contributed by atoms with Crippen LogP contribution in [-0.2, 0) is 19.1 Å². The number of phenolic OH excluding ortho intramolecular Hbond substituents is 1. The lowest BCUT2D eigenvalue weighted by Crippen LogP contribution is -2.63. The molecule has 7 N–H and O–H groups in total. The SMILES string of the molecule is CCOC(=S)Sc1ccc2c(c1O)C(O)=C1C(=O)[C@]3(O)C(O)=C(C(N)=O)C(=O)C[C@@H]3C(O)[C@@H]1C2C. The van der Waals surface area contributed by atoms with Gasteiger partial charge < -0.3 is 36.0 Å². The van der Waals surface area contributed by atoms with Crippen LogP contribution in [0.2, 0.25) is 0 Å². The number of fused-ring (bicyclic) bond motifs is 3. The maximum Gasteiger partial charge on any atom is 0.255 e. The molecule has 35 heavy (non-hydrogen) atoms. The van der Waals surface area contributed by atoms with Crippen LogP contribution in [0.15, 0.2) is 33.9 Å². The molecule has 10 nitrogen and oxygen atoms in total. The highest BCUT2D eigenvalue weighted by Crippen LogP contribution is 2.56. The predicted octanol–water partition coefficient (Wildman–Crippen LogP) is 1.37. The Labute approximate surface area is 209 Å². The van der Waals surface area contributed by atoms with Crippen molar-refractivity contribution in [2.24, 2.45) is 17.6 Å². The summed E-state index contributed by atoms with van der Waals surface area (Å²) in [5, 5.41) is 55.3. The average molecular weight is 522 g/mol. The number of hydrogen-bond acceptors (Lipinski definition) is 11. The quantitative estimate of drug-likeness (QED) is 0.191. The van der Waals surface area contributed by atoms with E-state index < -0.39 is 81.8 Å². The third-order valence-corrected chi connectivity index (χ3v) is 8.12. The number of ether oxygens (including phenoxy) is 1. The molecule has 0 radical (unpaired) electrons. The fraction of sp³-hybridized carbons (Fsp3) is 0.391. The van der Waals surface area contributed by atoms with Gasteiger partial charge in [-0.05, 0) is 48.5 Å². The monoisotopic (exact) mass is 521 g/mol. The Balaban J connectivity index is 1.92. The van der Waals surface area contributed by atoms with Crippen molar-refractivity contribution in [1.82, 2.24) is 0 Å². The van der Waals surface area contributed by atoms with Crippen LogP contribution in [0.3, 0.4) is 0 Å². The molecule has 0 heterocycles. The second-order valence-corrected chi connectivity index (χ2v) is 10.3. The average Bonchev–Trinajstić information content (AvgIpc) is 2.78. The topological polar surface area (TPSA) is 188 Å². The molecule has 3 aliphatic carbocycles. The van der Waals surface area contributed by atoms with Gasteiger partial charge in [0.1, 0.15) is 22.8 Å². The van der Waals surface area contributed by atoms with Crippen molar-refractivity contribution in [3.8, 4) is 5.75 Å². The number of ketones is 2. The standard InChI is InChI=1S/C23H23NO9S2/c1-3-33-22(34)35-11-5-4-8-7(2)12-15(18(28)13(8)17(11)27)20(30)23(32)9(16(12)26)6-10(25)14(19(23)29)21(24)31/h4-5,7,9,12,16,26-29,32H,3,6H2,1-2H3,(H2,24,31)/t7?,9-,12-,16?,23-/m1/s1. The largest absolute Gasteiger partial charge is 0.508 e. The number of nitrogens with two attached hydrogens (primary N) is 1. The maximum absolute atomic E-state index is 13.6. The molecule has 0 saturated heterocycles. The highest BCUT2D eigenvalue weighted by atomic mass is 32.2. The number of thiocarbonyl (C=S) groups is 1. The van der Waals surface area contributed by atoms with E-state index in [9.17, 15) is 39.9 Å². The number of benzene rings is 1. The summed E-state index contributed by atoms with van der Waals surface area (Å²) in [6.45, 7) is 3.70. The zero-order valence-electron chi connectivity index (χ0n) is 18.6. The lowest BCUT2D eigenvalue weighted by atomic mass is 9.55. The van der Waals surface area contributed by atoms with Crippen molar-refractivity contribution in [3.05, 3.63) is 40.2 Å². The summed E-state index contributed by atoms with van der Waals surface area (Å²) in [5.74, 6) is -9.01. The zero-order chi connectivity index (χ0) is 26.0. The van der Waals surface area contributed by atoms with Crippen LogP contribution in [0.1, 0.15) is 37.3 Å². The van der Waals surface area contributed by atoms with Crippen LogP contribution in [0, 0.1) is 11.8 Å². The van der Waals surface area contributed by atoms with E-state index in [4.69, 9.17) is 22.7 Å². The number of carbonyl (C=O) groups is 3. The number of phenols is 1. The van der Waals surface area contributed by atoms with E-state index in [1.54, 1.807) is 26.0 Å². The number of aromatic hydroxyl groups is 1. The smallest absolute Gasteiger partial charge is 0.255 e. The van der Waals surface area contributed by atoms with Crippen LogP contribution in [0.4, 0.5) is 0 Å². The first-order chi connectivity index (χ1) is 16.4. The molecule has 1 aromatic carbocycles. The molecule has 1 amide bonds. The fourth-order valence-electron chi connectivity index (χ4n) is 5.30. The Morgan fingerprint density at radius 2 is 1.94 bits per heavy atom. The van der Waals surface area contributed by atoms with Gasteiger partial charge in [-0.15, -0.1) is 0 Å². The summed E-state index contributed by atoms with van der Waals surface area (Å²) >= 11 is 6.03. The van der Waals surface area contributed by atoms with Crippen LogP contribution >= 0.6 is 24.0 Å². The second kappa shape index (κ2) is 8.63. The molecule has 0 bridgehead atoms. The van der Waals surface area contributed by atoms with Gasteiger partial charge >= 0.3 is 0 Å². The van der Waals surface area contributed by atoms with E-state index >= 15 is 0 Å². The fourth-order valence-corrected chi connectivity index (χ4v) is 6.38. The number of aliphatic hydroxyl groups excluding tert-OH is 3. The van der Waals surface area contributed by atoms with E-state index in [0.717, 1.165) is 11.8 Å². The number of amides is 1. The molecular weight excluding hydrogens is 498 g/mol. The predicted molar refractivity (Wildman–Crippen MR) is 128 cm³/mol. The van der Waals surface area contributed by atoms with Crippen molar-refractivity contribution >= 4 is 51.6 Å². The second-order valence-electron chi connectivity index (χ2n) is 8.65. The third-order valence-electron chi connectivity index (χ3n) is 6.92. The molecule has 1 saturated carbocycles. The lowest BCUT2D eigenvalue weighted by Gasteiger charge is -2.50. The summed E-state index contributed by atoms with van der Waals surface area (Å²) in [5.41, 5.74) is 1.25. The van der Waals surface area contributed by atoms with Gasteiger partial charge in [0.25, 0.3) is 5.91 Å². The number of carbonyl (C=O) groups excluding carboxylic acids is 3. The van der Waals surface area contributed by atoms with E-state index in [2.05, 4.69) is 0 Å². The minimum absolute atomic E-state index is 0.0962. The Morgan fingerprint density at radius 1 is 1.29 bits per heavy atom. The van der Waals surface area contributed by atoms with E-state index in [1.807, 2.05) is 0 Å². The Hall–Kier alpha value is -2.93. The van der Waals surface area contributed by atoms with Crippen molar-refractivity contribution < 1.29 is 44.7 Å². The number of hydrogen-bond donors (Lipinski definition) is 6. The van der Waals surface area contributed by atoms with Crippen LogP contribution < -0.4 is 5.73 Å². The van der Waals surface area contributed by atoms with Gasteiger partial charge in [0.15, 0.2) is 11.4 Å². The number of thioether (sulfide) groups is 1. The van der Waals surface area contributed by atoms with Crippen LogP contribution in [0.5, 0.6) is 5.75 Å². The van der Waals surface area contributed by atoms with Gasteiger partial charge in [-0.25, -0.2) is 0 Å². The molecule has 1 fully saturated rings. The van der Waals surface area contributed by atoms with E-state index in [0.29, 0.717) is 12.2 Å². The van der Waals surface area contributed by atoms with Crippen molar-refractivity contribution in [2.75, 3.05) is 6.61 Å². The van der Waals surface area contributed by atoms with Gasteiger partial charge in [0.05, 0.1) is 23.2 Å². The molecule has 5 atom stereocenters. The Kier molecular flexibility index (Phi) is 6.20. The van der Waals surface area contributed by atoms with Crippen LogP contribution in [0.25, 0.3) is 5.76 Å². The van der Waals surface area contributed by atoms with Gasteiger partial charge in [0.2, 0.25) is 10.2 Å². The normalized spacial score (nSPS) is 29.9. The van der Waals surface area contributed by atoms with Crippen LogP contribution in [-0.4, -0.2) is 65.7 Å². The Morgan fingerprint density at radius 3 is 2.54 bits per heavy atom. The first-order valence-corrected chi connectivity index (χ1v) is 12.0. The van der Waals surface area contributed by atoms with Gasteiger partial charge in [-0.3, -0.25) is 14.4 Å². The molecule has 4 rings (SSSR count). The van der Waals surface area contributed by atoms with Crippen molar-refractivity contribution in [1.29, 1.82) is 0 Å². The number of Topliss-reactive ketones (excluding diaryl/α,β-unsaturated/α-hetero) is 2. The number of primary amides is 1. The summed E-state index contributed by atoms with van der Waals surface area (Å²) in [6, 6.07) is 3.17. The molecule has 0 aliphatic heterocycles. The minimum atomic E-state index is -2.87. The molecular formula is C23H23NO9S2. The van der Waals surface area contributed by atoms with Gasteiger partial charge in [-0.1, -0.05) is 13.0 Å².